The molecule has 2 aromatic heterocycles. The number of para-hydroxylation sites is 1. The van der Waals surface area contributed by atoms with E-state index in [2.05, 4.69) is 31.0 Å². The molecule has 28 heavy (non-hydrogen) atoms. The minimum absolute atomic E-state index is 0.0859. The minimum atomic E-state index is 0.0859. The standard InChI is InChI=1S/C22H29N5O/c1-16(2)13-26-18(4)21(17(3)24-26)11-22(28)25(5)14-19-12-23-27(15-19)20-9-7-6-8-10-20/h6-10,12,15-16H,11,13-14H2,1-5H3. The Hall–Kier alpha value is -2.89. The van der Waals surface area contributed by atoms with Crippen molar-refractivity contribution in [3.05, 3.63) is 65.2 Å². The number of carbonyl (C=O) groups excluding carboxylic acids is 1. The smallest absolute Gasteiger partial charge is 0.227 e. The third-order valence-corrected chi connectivity index (χ3v) is 4.90. The molecule has 6 nitrogen and oxygen atoms in total. The number of nitrogens with zero attached hydrogens (tertiary/aromatic N) is 5. The van der Waals surface area contributed by atoms with Gasteiger partial charge in [0.05, 0.1) is 24.0 Å². The monoisotopic (exact) mass is 379 g/mol. The number of benzene rings is 1. The molecule has 2 heterocycles. The number of aryl methyl sites for hydroxylation is 1. The summed E-state index contributed by atoms with van der Waals surface area (Å²) in [6.07, 6.45) is 4.16. The van der Waals surface area contributed by atoms with Gasteiger partial charge in [0.2, 0.25) is 5.91 Å². The van der Waals surface area contributed by atoms with Gasteiger partial charge in [0.15, 0.2) is 0 Å². The summed E-state index contributed by atoms with van der Waals surface area (Å²) in [5.41, 5.74) is 5.08. The van der Waals surface area contributed by atoms with E-state index < -0.39 is 0 Å². The molecule has 0 aliphatic carbocycles. The molecule has 0 aliphatic rings. The molecule has 0 atom stereocenters. The molecule has 6 heteroatoms. The second-order valence-corrected chi connectivity index (χ2v) is 7.78. The second-order valence-electron chi connectivity index (χ2n) is 7.78. The summed E-state index contributed by atoms with van der Waals surface area (Å²) >= 11 is 0. The zero-order valence-corrected chi connectivity index (χ0v) is 17.4. The van der Waals surface area contributed by atoms with E-state index in [0.717, 1.165) is 34.7 Å². The molecule has 3 rings (SSSR count). The number of hydrogen-bond acceptors (Lipinski definition) is 3. The second kappa shape index (κ2) is 8.42. The number of amides is 1. The highest BCUT2D eigenvalue weighted by Gasteiger charge is 2.18. The number of aromatic nitrogens is 4. The Balaban J connectivity index is 1.66. The molecule has 0 unspecified atom stereocenters. The molecule has 0 saturated carbocycles. The Kier molecular flexibility index (Phi) is 5.97. The molecular weight excluding hydrogens is 350 g/mol. The van der Waals surface area contributed by atoms with Crippen molar-refractivity contribution < 1.29 is 4.79 Å². The molecule has 3 aromatic rings. The fraction of sp³-hybridized carbons (Fsp3) is 0.409. The van der Waals surface area contributed by atoms with Crippen LogP contribution in [-0.2, 0) is 24.3 Å². The summed E-state index contributed by atoms with van der Waals surface area (Å²) in [7, 11) is 1.84. The van der Waals surface area contributed by atoms with E-state index in [9.17, 15) is 4.79 Å². The molecular formula is C22H29N5O. The Morgan fingerprint density at radius 2 is 1.89 bits per heavy atom. The largest absolute Gasteiger partial charge is 0.341 e. The molecule has 0 N–H and O–H groups in total. The van der Waals surface area contributed by atoms with E-state index in [1.807, 2.05) is 66.1 Å². The zero-order chi connectivity index (χ0) is 20.3. The van der Waals surface area contributed by atoms with Crippen molar-refractivity contribution in [3.63, 3.8) is 0 Å². The van der Waals surface area contributed by atoms with Crippen molar-refractivity contribution in [1.82, 2.24) is 24.5 Å². The molecule has 0 spiro atoms. The molecule has 0 saturated heterocycles. The minimum Gasteiger partial charge on any atom is -0.341 e. The van der Waals surface area contributed by atoms with Crippen LogP contribution in [0.25, 0.3) is 5.69 Å². The van der Waals surface area contributed by atoms with Crippen LogP contribution < -0.4 is 0 Å². The summed E-state index contributed by atoms with van der Waals surface area (Å²) in [6, 6.07) is 9.96. The lowest BCUT2D eigenvalue weighted by atomic mass is 10.1. The van der Waals surface area contributed by atoms with Crippen LogP contribution in [0, 0.1) is 19.8 Å². The average molecular weight is 380 g/mol. The van der Waals surface area contributed by atoms with Gasteiger partial charge in [0.1, 0.15) is 0 Å². The summed E-state index contributed by atoms with van der Waals surface area (Å²) < 4.78 is 3.85. The van der Waals surface area contributed by atoms with Gasteiger partial charge in [-0.05, 0) is 31.9 Å². The maximum Gasteiger partial charge on any atom is 0.227 e. The Morgan fingerprint density at radius 3 is 2.57 bits per heavy atom. The first kappa shape index (κ1) is 19.9. The lowest BCUT2D eigenvalue weighted by Gasteiger charge is -2.16. The lowest BCUT2D eigenvalue weighted by molar-refractivity contribution is -0.129. The molecule has 0 aliphatic heterocycles. The third kappa shape index (κ3) is 4.50. The van der Waals surface area contributed by atoms with Crippen LogP contribution in [0.4, 0.5) is 0 Å². The highest BCUT2D eigenvalue weighted by atomic mass is 16.2. The average Bonchev–Trinajstić information content (AvgIpc) is 3.22. The van der Waals surface area contributed by atoms with Crippen molar-refractivity contribution in [3.8, 4) is 5.69 Å². The van der Waals surface area contributed by atoms with E-state index in [1.165, 1.54) is 0 Å². The van der Waals surface area contributed by atoms with E-state index in [-0.39, 0.29) is 5.91 Å². The predicted molar refractivity (Wildman–Crippen MR) is 110 cm³/mol. The van der Waals surface area contributed by atoms with E-state index >= 15 is 0 Å². The van der Waals surface area contributed by atoms with Gasteiger partial charge < -0.3 is 4.90 Å². The first-order valence-corrected chi connectivity index (χ1v) is 9.71. The zero-order valence-electron chi connectivity index (χ0n) is 17.4. The molecule has 1 amide bonds. The SMILES string of the molecule is Cc1nn(CC(C)C)c(C)c1CC(=O)N(C)Cc1cnn(-c2ccccc2)c1. The highest BCUT2D eigenvalue weighted by molar-refractivity contribution is 5.79. The molecule has 1 aromatic carbocycles. The fourth-order valence-electron chi connectivity index (χ4n) is 3.33. The summed E-state index contributed by atoms with van der Waals surface area (Å²) in [6.45, 7) is 9.78. The topological polar surface area (TPSA) is 56.0 Å². The summed E-state index contributed by atoms with van der Waals surface area (Å²) in [5, 5.41) is 9.02. The maximum absolute atomic E-state index is 12.8. The Morgan fingerprint density at radius 1 is 1.18 bits per heavy atom. The van der Waals surface area contributed by atoms with E-state index in [4.69, 9.17) is 0 Å². The molecule has 0 fully saturated rings. The van der Waals surface area contributed by atoms with Crippen LogP contribution in [0.15, 0.2) is 42.7 Å². The number of rotatable bonds is 7. The van der Waals surface area contributed by atoms with Crippen molar-refractivity contribution in [2.45, 2.75) is 47.2 Å². The predicted octanol–water partition coefficient (Wildman–Crippen LogP) is 3.54. The third-order valence-electron chi connectivity index (χ3n) is 4.90. The van der Waals surface area contributed by atoms with Gasteiger partial charge in [-0.15, -0.1) is 0 Å². The van der Waals surface area contributed by atoms with Crippen LogP contribution in [0.2, 0.25) is 0 Å². The van der Waals surface area contributed by atoms with Crippen LogP contribution >= 0.6 is 0 Å². The van der Waals surface area contributed by atoms with Gasteiger partial charge in [-0.2, -0.15) is 10.2 Å². The fourth-order valence-corrected chi connectivity index (χ4v) is 3.33. The number of likely N-dealkylation sites (N-methyl/N-ethyl adjacent to an activating group) is 1. The quantitative estimate of drug-likeness (QED) is 0.631. The number of carbonyl (C=O) groups is 1. The Bertz CT molecular complexity index is 939. The first-order chi connectivity index (χ1) is 13.3. The van der Waals surface area contributed by atoms with Crippen LogP contribution in [-0.4, -0.2) is 37.4 Å². The van der Waals surface area contributed by atoms with E-state index in [1.54, 1.807) is 4.90 Å². The summed E-state index contributed by atoms with van der Waals surface area (Å²) in [4.78, 5) is 14.5. The number of hydrogen-bond donors (Lipinski definition) is 0. The van der Waals surface area contributed by atoms with Crippen LogP contribution in [0.1, 0.15) is 36.4 Å². The van der Waals surface area contributed by atoms with Gasteiger partial charge in [0, 0.05) is 43.2 Å². The molecule has 0 bridgehead atoms. The van der Waals surface area contributed by atoms with Crippen molar-refractivity contribution in [2.75, 3.05) is 7.05 Å². The van der Waals surface area contributed by atoms with Crippen molar-refractivity contribution in [2.24, 2.45) is 5.92 Å². The van der Waals surface area contributed by atoms with Crippen LogP contribution in [0.3, 0.4) is 0 Å². The summed E-state index contributed by atoms with van der Waals surface area (Å²) in [5.74, 6) is 0.605. The van der Waals surface area contributed by atoms with Gasteiger partial charge in [0.25, 0.3) is 0 Å². The highest BCUT2D eigenvalue weighted by Crippen LogP contribution is 2.17. The van der Waals surface area contributed by atoms with Crippen LogP contribution in [0.5, 0.6) is 0 Å². The van der Waals surface area contributed by atoms with E-state index in [0.29, 0.717) is 18.9 Å². The molecule has 0 radical (unpaired) electrons. The lowest BCUT2D eigenvalue weighted by Crippen LogP contribution is -2.28. The van der Waals surface area contributed by atoms with Gasteiger partial charge in [-0.25, -0.2) is 4.68 Å². The first-order valence-electron chi connectivity index (χ1n) is 9.71. The van der Waals surface area contributed by atoms with Gasteiger partial charge >= 0.3 is 0 Å². The van der Waals surface area contributed by atoms with Gasteiger partial charge in [-0.1, -0.05) is 32.0 Å². The Labute approximate surface area is 166 Å². The van der Waals surface area contributed by atoms with Crippen molar-refractivity contribution in [1.29, 1.82) is 0 Å². The molecule has 148 valence electrons. The normalized spacial score (nSPS) is 11.2. The van der Waals surface area contributed by atoms with Gasteiger partial charge in [-0.3, -0.25) is 9.48 Å². The maximum atomic E-state index is 12.8. The van der Waals surface area contributed by atoms with Crippen molar-refractivity contribution >= 4 is 5.91 Å².